The minimum Gasteiger partial charge on any atom is -0.455 e. The molecule has 4 aliphatic rings. The fourth-order valence-corrected chi connectivity index (χ4v) is 9.91. The quantitative estimate of drug-likeness (QED) is 0.0891. The maximum absolute atomic E-state index is 13.9. The highest BCUT2D eigenvalue weighted by Gasteiger charge is 2.37. The number of benzene rings is 3. The molecule has 19 heteroatoms. The first-order chi connectivity index (χ1) is 30.5. The third-order valence-corrected chi connectivity index (χ3v) is 14.0. The number of nitrogens with one attached hydrogen (secondary N) is 4. The van der Waals surface area contributed by atoms with Gasteiger partial charge in [-0.3, -0.25) is 24.6 Å². The summed E-state index contributed by atoms with van der Waals surface area (Å²) in [5.41, 5.74) is 3.40. The van der Waals surface area contributed by atoms with E-state index in [4.69, 9.17) is 21.1 Å². The van der Waals surface area contributed by atoms with Crippen molar-refractivity contribution in [2.45, 2.75) is 36.7 Å². The molecule has 4 aliphatic heterocycles. The van der Waals surface area contributed by atoms with E-state index in [2.05, 4.69) is 41.2 Å². The van der Waals surface area contributed by atoms with E-state index < -0.39 is 31.4 Å². The van der Waals surface area contributed by atoms with E-state index in [0.717, 1.165) is 61.6 Å². The SMILES string of the molecule is O=C(NS(=O)(=O)c1ccc(NCC2CCOCC2)c([N+](=O)[O-])c1)c1ccc(N2CCN(CC3Cc4ccc(Cl)cc4CN3C(=O)C3CNC3)CC2)cc1Oc1cnc2[nH]ccc2c1. The number of nitro benzene ring substituents is 1. The van der Waals surface area contributed by atoms with E-state index in [1.54, 1.807) is 24.4 Å². The lowest BCUT2D eigenvalue weighted by atomic mass is 9.91. The highest BCUT2D eigenvalue weighted by Crippen LogP contribution is 2.34. The summed E-state index contributed by atoms with van der Waals surface area (Å²) in [7, 11) is -4.58. The van der Waals surface area contributed by atoms with Gasteiger partial charge in [0.05, 0.1) is 27.5 Å². The van der Waals surface area contributed by atoms with Crippen LogP contribution in [-0.2, 0) is 32.5 Å². The van der Waals surface area contributed by atoms with Gasteiger partial charge < -0.3 is 34.9 Å². The molecule has 4 N–H and O–H groups in total. The normalized spacial score (nSPS) is 18.7. The number of nitrogens with zero attached hydrogens (tertiary/aromatic N) is 5. The fraction of sp³-hybridized carbons (Fsp3) is 0.386. The number of aromatic amines is 1. The lowest BCUT2D eigenvalue weighted by molar-refractivity contribution is -0.384. The number of hydrogen-bond donors (Lipinski definition) is 4. The monoisotopic (exact) mass is 897 g/mol. The van der Waals surface area contributed by atoms with Crippen molar-refractivity contribution >= 4 is 61.5 Å². The predicted octanol–water partition coefficient (Wildman–Crippen LogP) is 5.17. The molecule has 330 valence electrons. The molecule has 0 bridgehead atoms. The van der Waals surface area contributed by atoms with Crippen LogP contribution in [0.4, 0.5) is 17.1 Å². The number of piperazine rings is 1. The number of sulfonamides is 1. The fourth-order valence-electron chi connectivity index (χ4n) is 8.73. The smallest absolute Gasteiger partial charge is 0.293 e. The van der Waals surface area contributed by atoms with Crippen LogP contribution in [0.3, 0.4) is 0 Å². The molecule has 0 spiro atoms. The van der Waals surface area contributed by atoms with Crippen LogP contribution in [0.15, 0.2) is 84.0 Å². The summed E-state index contributed by atoms with van der Waals surface area (Å²) in [4.78, 5) is 52.6. The van der Waals surface area contributed by atoms with Crippen LogP contribution in [0.1, 0.15) is 34.3 Å². The van der Waals surface area contributed by atoms with Crippen molar-refractivity contribution < 1.29 is 32.4 Å². The summed E-state index contributed by atoms with van der Waals surface area (Å²) in [6, 6.07) is 18.0. The number of ether oxygens (including phenoxy) is 2. The van der Waals surface area contributed by atoms with Gasteiger partial charge in [-0.25, -0.2) is 18.1 Å². The van der Waals surface area contributed by atoms with Crippen LogP contribution in [0.25, 0.3) is 11.0 Å². The lowest BCUT2D eigenvalue weighted by Crippen LogP contribution is -2.58. The van der Waals surface area contributed by atoms with Gasteiger partial charge in [-0.05, 0) is 84.8 Å². The molecule has 17 nitrogen and oxygen atoms in total. The zero-order valence-electron chi connectivity index (χ0n) is 34.4. The Balaban J connectivity index is 0.915. The average molecular weight is 898 g/mol. The lowest BCUT2D eigenvalue weighted by Gasteiger charge is -2.44. The topological polar surface area (TPSA) is 204 Å². The Hall–Kier alpha value is -5.79. The number of anilines is 2. The minimum absolute atomic E-state index is 0.0151. The van der Waals surface area contributed by atoms with Crippen molar-refractivity contribution in [1.29, 1.82) is 0 Å². The molecule has 6 heterocycles. The number of nitro groups is 1. The van der Waals surface area contributed by atoms with Gasteiger partial charge in [0, 0.05) is 113 Å². The Morgan fingerprint density at radius 1 is 0.984 bits per heavy atom. The largest absolute Gasteiger partial charge is 0.455 e. The van der Waals surface area contributed by atoms with Crippen molar-refractivity contribution in [3.05, 3.63) is 111 Å². The molecular weight excluding hydrogens is 850 g/mol. The molecule has 9 rings (SSSR count). The zero-order valence-corrected chi connectivity index (χ0v) is 36.0. The summed E-state index contributed by atoms with van der Waals surface area (Å²) >= 11 is 6.34. The second-order valence-corrected chi connectivity index (χ2v) is 18.7. The Labute approximate surface area is 369 Å². The van der Waals surface area contributed by atoms with Crippen molar-refractivity contribution in [2.75, 3.05) is 75.8 Å². The second kappa shape index (κ2) is 18.1. The van der Waals surface area contributed by atoms with Gasteiger partial charge in [-0.15, -0.1) is 0 Å². The van der Waals surface area contributed by atoms with Crippen LogP contribution in [0.2, 0.25) is 5.02 Å². The van der Waals surface area contributed by atoms with E-state index in [1.807, 2.05) is 23.1 Å². The molecule has 1 unspecified atom stereocenters. The Bertz CT molecular complexity index is 2650. The number of halogens is 1. The molecule has 2 amide bonds. The molecule has 3 fully saturated rings. The number of aromatic nitrogens is 2. The summed E-state index contributed by atoms with van der Waals surface area (Å²) in [5.74, 6) is -0.136. The first-order valence-electron chi connectivity index (χ1n) is 21.2. The molecule has 2 aromatic heterocycles. The highest BCUT2D eigenvalue weighted by molar-refractivity contribution is 7.90. The number of H-pyrrole nitrogens is 1. The van der Waals surface area contributed by atoms with Gasteiger partial charge in [0.1, 0.15) is 22.8 Å². The minimum atomic E-state index is -4.58. The van der Waals surface area contributed by atoms with Gasteiger partial charge >= 0.3 is 0 Å². The van der Waals surface area contributed by atoms with Gasteiger partial charge in [0.25, 0.3) is 21.6 Å². The number of carbonyl (C=O) groups is 2. The average Bonchev–Trinajstić information content (AvgIpc) is 3.73. The number of rotatable bonds is 13. The maximum Gasteiger partial charge on any atom is 0.293 e. The summed E-state index contributed by atoms with van der Waals surface area (Å²) in [6.07, 6.45) is 5.63. The van der Waals surface area contributed by atoms with Crippen LogP contribution in [0.5, 0.6) is 11.5 Å². The third-order valence-electron chi connectivity index (χ3n) is 12.5. The molecule has 0 radical (unpaired) electrons. The summed E-state index contributed by atoms with van der Waals surface area (Å²) in [5, 5.41) is 19.8. The van der Waals surface area contributed by atoms with Crippen molar-refractivity contribution in [1.82, 2.24) is 29.8 Å². The Morgan fingerprint density at radius 3 is 2.56 bits per heavy atom. The second-order valence-electron chi connectivity index (χ2n) is 16.6. The molecule has 0 saturated carbocycles. The highest BCUT2D eigenvalue weighted by atomic mass is 35.5. The number of fused-ring (bicyclic) bond motifs is 2. The first-order valence-corrected chi connectivity index (χ1v) is 23.0. The van der Waals surface area contributed by atoms with Crippen LogP contribution in [-0.4, -0.2) is 117 Å². The molecule has 1 atom stereocenters. The third kappa shape index (κ3) is 9.45. The number of carbonyl (C=O) groups excluding carboxylic acids is 2. The van der Waals surface area contributed by atoms with E-state index >= 15 is 0 Å². The van der Waals surface area contributed by atoms with E-state index in [9.17, 15) is 28.1 Å². The molecule has 0 aliphatic carbocycles. The van der Waals surface area contributed by atoms with Gasteiger partial charge in [0.2, 0.25) is 5.91 Å². The first kappa shape index (κ1) is 42.5. The standard InChI is InChI=1S/C44H48ClN9O8S/c45-33-2-1-29-18-35(53(26-31(29)17-33)44(56)32-23-46-24-32)27-51-11-13-52(14-12-51)34-3-5-38(41(20-34)62-36-19-30-7-10-47-42(30)49-25-36)43(55)50-63(59,60)37-4-6-39(40(21-37)54(57)58)48-22-28-8-15-61-16-9-28/h1-7,10,17,19-21,25,28,32,35,46,48H,8-9,11-16,18,22-24,26-27H2,(H,47,49)(H,50,55). The predicted molar refractivity (Wildman–Crippen MR) is 237 cm³/mol. The molecular formula is C44H48ClN9O8S. The van der Waals surface area contributed by atoms with Crippen LogP contribution < -0.4 is 25.0 Å². The number of amides is 2. The van der Waals surface area contributed by atoms with Crippen LogP contribution >= 0.6 is 11.6 Å². The molecule has 3 saturated heterocycles. The molecule has 63 heavy (non-hydrogen) atoms. The Morgan fingerprint density at radius 2 is 1.79 bits per heavy atom. The van der Waals surface area contributed by atoms with Gasteiger partial charge in [-0.1, -0.05) is 17.7 Å². The summed E-state index contributed by atoms with van der Waals surface area (Å²) < 4.78 is 41.2. The molecule has 5 aromatic rings. The van der Waals surface area contributed by atoms with Crippen molar-refractivity contribution in [2.24, 2.45) is 11.8 Å². The summed E-state index contributed by atoms with van der Waals surface area (Å²) in [6.45, 7) is 7.08. The van der Waals surface area contributed by atoms with Crippen molar-refractivity contribution in [3.8, 4) is 11.5 Å². The maximum atomic E-state index is 13.9. The van der Waals surface area contributed by atoms with Crippen molar-refractivity contribution in [3.63, 3.8) is 0 Å². The number of pyridine rings is 1. The van der Waals surface area contributed by atoms with E-state index in [0.29, 0.717) is 68.9 Å². The Kier molecular flexibility index (Phi) is 12.2. The van der Waals surface area contributed by atoms with E-state index in [1.165, 1.54) is 30.0 Å². The number of hydrogen-bond acceptors (Lipinski definition) is 13. The van der Waals surface area contributed by atoms with Gasteiger partial charge in [-0.2, -0.15) is 0 Å². The van der Waals surface area contributed by atoms with Crippen LogP contribution in [0, 0.1) is 22.0 Å². The van der Waals surface area contributed by atoms with E-state index in [-0.39, 0.29) is 40.8 Å². The zero-order chi connectivity index (χ0) is 43.7. The molecule has 3 aromatic carbocycles. The van der Waals surface area contributed by atoms with Gasteiger partial charge in [0.15, 0.2) is 0 Å².